The van der Waals surface area contributed by atoms with Crippen molar-refractivity contribution in [3.63, 3.8) is 0 Å². The van der Waals surface area contributed by atoms with Crippen molar-refractivity contribution in [2.75, 3.05) is 11.8 Å². The first-order valence-corrected chi connectivity index (χ1v) is 6.21. The van der Waals surface area contributed by atoms with E-state index in [1.165, 1.54) is 0 Å². The van der Waals surface area contributed by atoms with Gasteiger partial charge in [0.05, 0.1) is 12.9 Å². The molecule has 0 amide bonds. The minimum atomic E-state index is -1.39. The number of hydrogen-bond donors (Lipinski definition) is 6. The van der Waals surface area contributed by atoms with Crippen molar-refractivity contribution >= 4 is 17.1 Å². The zero-order valence-corrected chi connectivity index (χ0v) is 10.9. The van der Waals surface area contributed by atoms with Crippen LogP contribution in [0.4, 0.5) is 5.95 Å². The number of aliphatic hydroxyl groups excluding tert-OH is 3. The lowest BCUT2D eigenvalue weighted by atomic mass is 10.1. The van der Waals surface area contributed by atoms with Gasteiger partial charge in [0, 0.05) is 0 Å². The van der Waals surface area contributed by atoms with Crippen LogP contribution >= 0.6 is 0 Å². The number of aromatic amines is 1. The zero-order valence-electron chi connectivity index (χ0n) is 10.9. The molecular weight excluding hydrogens is 302 g/mol. The molecule has 12 heteroatoms. The van der Waals surface area contributed by atoms with Gasteiger partial charge in [0.15, 0.2) is 17.4 Å². The number of ether oxygens (including phenoxy) is 1. The predicted molar refractivity (Wildman–Crippen MR) is 67.2 cm³/mol. The summed E-state index contributed by atoms with van der Waals surface area (Å²) in [5.41, 5.74) is -0.955. The van der Waals surface area contributed by atoms with Crippen LogP contribution in [0.15, 0.2) is 11.1 Å². The van der Waals surface area contributed by atoms with Crippen LogP contribution in [0.1, 0.15) is 6.23 Å². The molecule has 1 saturated heterocycles. The standard InChI is InChI=1S/C10H13N5O7/c16-1-3-5(17)6(18)9(22-3)14-2-11-4-7(14)12-10(15(20)21)13-8(4)19/h2-3,5-6,9,16-18,20-21H,1H2,(H,12,13,19)/t3-,5-,6-,9-/m1/s1. The first kappa shape index (κ1) is 14.8. The van der Waals surface area contributed by atoms with E-state index in [0.717, 1.165) is 10.9 Å². The van der Waals surface area contributed by atoms with Crippen molar-refractivity contribution in [3.05, 3.63) is 16.7 Å². The van der Waals surface area contributed by atoms with E-state index >= 15 is 0 Å². The van der Waals surface area contributed by atoms with E-state index in [2.05, 4.69) is 15.0 Å². The second-order valence-corrected chi connectivity index (χ2v) is 4.73. The highest BCUT2D eigenvalue weighted by Gasteiger charge is 2.44. The molecule has 0 aromatic carbocycles. The Morgan fingerprint density at radius 1 is 1.36 bits per heavy atom. The predicted octanol–water partition coefficient (Wildman–Crippen LogP) is -2.68. The van der Waals surface area contributed by atoms with Crippen LogP contribution < -0.4 is 10.8 Å². The fourth-order valence-electron chi connectivity index (χ4n) is 2.31. The summed E-state index contributed by atoms with van der Waals surface area (Å²) >= 11 is 0. The first-order chi connectivity index (χ1) is 10.4. The molecule has 3 heterocycles. The Hall–Kier alpha value is -2.09. The van der Waals surface area contributed by atoms with Gasteiger partial charge >= 0.3 is 0 Å². The summed E-state index contributed by atoms with van der Waals surface area (Å²) in [6, 6.07) is 0. The van der Waals surface area contributed by atoms with Crippen LogP contribution in [-0.2, 0) is 4.74 Å². The highest BCUT2D eigenvalue weighted by atomic mass is 16.8. The molecule has 1 aliphatic rings. The summed E-state index contributed by atoms with van der Waals surface area (Å²) in [4.78, 5) is 21.5. The molecule has 6 N–H and O–H groups in total. The van der Waals surface area contributed by atoms with E-state index in [1.807, 2.05) is 0 Å². The van der Waals surface area contributed by atoms with Crippen molar-refractivity contribution in [1.29, 1.82) is 0 Å². The third-order valence-corrected chi connectivity index (χ3v) is 3.40. The number of aromatic nitrogens is 4. The van der Waals surface area contributed by atoms with Crippen molar-refractivity contribution in [3.8, 4) is 0 Å². The van der Waals surface area contributed by atoms with Crippen LogP contribution in [0.25, 0.3) is 11.2 Å². The maximum absolute atomic E-state index is 11.8. The molecule has 4 atom stereocenters. The highest BCUT2D eigenvalue weighted by Crippen LogP contribution is 2.30. The van der Waals surface area contributed by atoms with Crippen LogP contribution in [0.2, 0.25) is 0 Å². The second-order valence-electron chi connectivity index (χ2n) is 4.73. The minimum absolute atomic E-state index is 0.0957. The largest absolute Gasteiger partial charge is 0.394 e. The average Bonchev–Trinajstić information content (AvgIpc) is 3.02. The van der Waals surface area contributed by atoms with Crippen LogP contribution in [-0.4, -0.2) is 70.2 Å². The first-order valence-electron chi connectivity index (χ1n) is 6.21. The van der Waals surface area contributed by atoms with Gasteiger partial charge in [0.2, 0.25) is 0 Å². The topological polar surface area (TPSA) is 177 Å². The lowest BCUT2D eigenvalue weighted by molar-refractivity contribution is -0.0511. The molecule has 0 bridgehead atoms. The fourth-order valence-corrected chi connectivity index (χ4v) is 2.31. The van der Waals surface area contributed by atoms with Crippen LogP contribution in [0.5, 0.6) is 0 Å². The van der Waals surface area contributed by atoms with E-state index in [-0.39, 0.29) is 16.4 Å². The van der Waals surface area contributed by atoms with Crippen LogP contribution in [0.3, 0.4) is 0 Å². The Balaban J connectivity index is 2.10. The Kier molecular flexibility index (Phi) is 3.56. The van der Waals surface area contributed by atoms with Gasteiger partial charge in [-0.3, -0.25) is 24.8 Å². The maximum Gasteiger partial charge on any atom is 0.280 e. The number of nitrogens with one attached hydrogen (secondary N) is 1. The molecule has 0 aliphatic carbocycles. The van der Waals surface area contributed by atoms with E-state index < -0.39 is 42.7 Å². The number of fused-ring (bicyclic) bond motifs is 1. The van der Waals surface area contributed by atoms with E-state index in [0.29, 0.717) is 0 Å². The Bertz CT molecular complexity index is 743. The van der Waals surface area contributed by atoms with Crippen molar-refractivity contribution in [2.45, 2.75) is 24.5 Å². The molecule has 0 saturated carbocycles. The number of nitrogens with zero attached hydrogens (tertiary/aromatic N) is 4. The van der Waals surface area contributed by atoms with Gasteiger partial charge in [-0.1, -0.05) is 5.23 Å². The Labute approximate surface area is 121 Å². The summed E-state index contributed by atoms with van der Waals surface area (Å²) in [5, 5.41) is 46.3. The molecule has 1 aliphatic heterocycles. The number of H-pyrrole nitrogens is 1. The van der Waals surface area contributed by atoms with Crippen molar-refractivity contribution in [1.82, 2.24) is 19.5 Å². The monoisotopic (exact) mass is 315 g/mol. The van der Waals surface area contributed by atoms with Crippen LogP contribution in [0, 0.1) is 0 Å². The van der Waals surface area contributed by atoms with E-state index in [4.69, 9.17) is 20.3 Å². The third kappa shape index (κ3) is 2.14. The molecule has 1 fully saturated rings. The number of aliphatic hydroxyl groups is 3. The normalized spacial score (nSPS) is 28.4. The van der Waals surface area contributed by atoms with Gasteiger partial charge in [-0.2, -0.15) is 4.98 Å². The number of hydrogen-bond acceptors (Lipinski definition) is 10. The maximum atomic E-state index is 11.8. The number of rotatable bonds is 3. The van der Waals surface area contributed by atoms with Gasteiger partial charge in [0.25, 0.3) is 11.5 Å². The molecule has 0 spiro atoms. The number of anilines is 1. The smallest absolute Gasteiger partial charge is 0.280 e. The fraction of sp³-hybridized carbons (Fsp3) is 0.500. The van der Waals surface area contributed by atoms with Crippen molar-refractivity contribution in [2.24, 2.45) is 0 Å². The summed E-state index contributed by atoms with van der Waals surface area (Å²) in [5.74, 6) is -0.564. The second kappa shape index (κ2) is 5.28. The molecule has 3 rings (SSSR count). The Morgan fingerprint density at radius 2 is 2.09 bits per heavy atom. The average molecular weight is 315 g/mol. The zero-order chi connectivity index (χ0) is 16.0. The quantitative estimate of drug-likeness (QED) is 0.327. The van der Waals surface area contributed by atoms with E-state index in [1.54, 1.807) is 0 Å². The Morgan fingerprint density at radius 3 is 2.68 bits per heavy atom. The lowest BCUT2D eigenvalue weighted by Crippen LogP contribution is -2.33. The molecule has 2 aromatic heterocycles. The highest BCUT2D eigenvalue weighted by molar-refractivity contribution is 5.70. The lowest BCUT2D eigenvalue weighted by Gasteiger charge is -2.16. The van der Waals surface area contributed by atoms with E-state index in [9.17, 15) is 15.0 Å². The van der Waals surface area contributed by atoms with Crippen molar-refractivity contribution < 1.29 is 30.5 Å². The summed E-state index contributed by atoms with van der Waals surface area (Å²) in [6.45, 7) is -0.512. The minimum Gasteiger partial charge on any atom is -0.394 e. The van der Waals surface area contributed by atoms with Gasteiger partial charge in [-0.25, -0.2) is 4.98 Å². The summed E-state index contributed by atoms with van der Waals surface area (Å²) < 4.78 is 6.46. The molecule has 22 heavy (non-hydrogen) atoms. The van der Waals surface area contributed by atoms with Gasteiger partial charge < -0.3 is 20.1 Å². The van der Waals surface area contributed by atoms with Gasteiger partial charge in [0.1, 0.15) is 18.3 Å². The SMILES string of the molecule is O=c1[nH]c(N(O)O)nc2c1ncn2[C@@H]1O[C@H](CO)[C@@H](O)[C@H]1O. The van der Waals surface area contributed by atoms with Gasteiger partial charge in [-0.15, -0.1) is 0 Å². The third-order valence-electron chi connectivity index (χ3n) is 3.40. The number of imidazole rings is 1. The molecule has 12 nitrogen and oxygen atoms in total. The van der Waals surface area contributed by atoms with Gasteiger partial charge in [-0.05, 0) is 0 Å². The summed E-state index contributed by atoms with van der Waals surface area (Å²) in [6.07, 6.45) is -3.73. The molecule has 2 aromatic rings. The molecule has 0 unspecified atom stereocenters. The molecule has 120 valence electrons. The molecular formula is C10H13N5O7. The molecule has 0 radical (unpaired) electrons. The summed E-state index contributed by atoms with van der Waals surface area (Å²) in [7, 11) is 0.